The quantitative estimate of drug-likeness (QED) is 0.437. The molecule has 12 heavy (non-hydrogen) atoms. The molecule has 1 aliphatic carbocycles. The average molecular weight is 170 g/mol. The van der Waals surface area contributed by atoms with Gasteiger partial charge in [0.2, 0.25) is 0 Å². The van der Waals surface area contributed by atoms with Crippen LogP contribution in [0.5, 0.6) is 0 Å². The van der Waals surface area contributed by atoms with Gasteiger partial charge >= 0.3 is 5.97 Å². The summed E-state index contributed by atoms with van der Waals surface area (Å²) in [6.45, 7) is 3.95. The van der Waals surface area contributed by atoms with E-state index < -0.39 is 5.60 Å². The molecule has 1 spiro atoms. The highest BCUT2D eigenvalue weighted by Crippen LogP contribution is 2.63. The van der Waals surface area contributed by atoms with E-state index in [1.807, 2.05) is 6.92 Å². The second-order valence-corrected chi connectivity index (χ2v) is 3.96. The molecule has 1 saturated heterocycles. The fourth-order valence-corrected chi connectivity index (χ4v) is 2.30. The molecule has 0 N–H and O–H groups in total. The van der Waals surface area contributed by atoms with Gasteiger partial charge in [-0.3, -0.25) is 0 Å². The lowest BCUT2D eigenvalue weighted by molar-refractivity contribution is -0.146. The van der Waals surface area contributed by atoms with Crippen molar-refractivity contribution in [3.63, 3.8) is 0 Å². The Labute approximate surface area is 72.0 Å². The van der Waals surface area contributed by atoms with Gasteiger partial charge in [0.05, 0.1) is 7.11 Å². The summed E-state index contributed by atoms with van der Waals surface area (Å²) in [5.74, 6) is 0.274. The van der Waals surface area contributed by atoms with Crippen molar-refractivity contribution in [2.45, 2.75) is 37.9 Å². The van der Waals surface area contributed by atoms with Crippen molar-refractivity contribution in [2.75, 3.05) is 7.11 Å². The van der Waals surface area contributed by atoms with Crippen LogP contribution in [-0.4, -0.2) is 24.3 Å². The Morgan fingerprint density at radius 1 is 1.67 bits per heavy atom. The van der Waals surface area contributed by atoms with Gasteiger partial charge in [0.1, 0.15) is 5.60 Å². The molecular weight excluding hydrogens is 156 g/mol. The summed E-state index contributed by atoms with van der Waals surface area (Å²) in [7, 11) is 1.41. The van der Waals surface area contributed by atoms with Gasteiger partial charge in [-0.2, -0.15) is 0 Å². The lowest BCUT2D eigenvalue weighted by Crippen LogP contribution is -2.43. The molecular formula is C9H14O3. The number of methoxy groups -OCH3 is 1. The van der Waals surface area contributed by atoms with E-state index in [0.717, 1.165) is 12.8 Å². The van der Waals surface area contributed by atoms with Gasteiger partial charge in [-0.1, -0.05) is 6.92 Å². The van der Waals surface area contributed by atoms with E-state index in [0.29, 0.717) is 5.92 Å². The van der Waals surface area contributed by atoms with Crippen LogP contribution in [0.1, 0.15) is 26.7 Å². The summed E-state index contributed by atoms with van der Waals surface area (Å²) in [5.41, 5.74) is -0.806. The minimum atomic E-state index is -0.639. The Hall–Kier alpha value is -0.570. The number of rotatable bonds is 1. The van der Waals surface area contributed by atoms with Crippen molar-refractivity contribution in [1.82, 2.24) is 0 Å². The monoisotopic (exact) mass is 170 g/mol. The molecule has 3 atom stereocenters. The van der Waals surface area contributed by atoms with Gasteiger partial charge in [0, 0.05) is 0 Å². The van der Waals surface area contributed by atoms with Crippen molar-refractivity contribution in [3.8, 4) is 0 Å². The normalized spacial score (nSPS) is 50.1. The van der Waals surface area contributed by atoms with E-state index in [1.54, 1.807) is 0 Å². The number of hydrogen-bond acceptors (Lipinski definition) is 3. The maximum absolute atomic E-state index is 11.3. The highest BCUT2D eigenvalue weighted by molar-refractivity contribution is 5.84. The number of epoxide rings is 1. The van der Waals surface area contributed by atoms with Crippen LogP contribution in [0.2, 0.25) is 0 Å². The molecule has 3 nitrogen and oxygen atoms in total. The molecule has 0 amide bonds. The van der Waals surface area contributed by atoms with E-state index in [2.05, 4.69) is 6.92 Å². The first-order chi connectivity index (χ1) is 5.57. The fourth-order valence-electron chi connectivity index (χ4n) is 2.30. The zero-order valence-corrected chi connectivity index (χ0v) is 7.72. The molecule has 1 heterocycles. The Morgan fingerprint density at radius 3 is 2.58 bits per heavy atom. The van der Waals surface area contributed by atoms with Gasteiger partial charge in [0.15, 0.2) is 5.60 Å². The molecule has 3 heteroatoms. The third-order valence-electron chi connectivity index (χ3n) is 3.47. The average Bonchev–Trinajstić information content (AvgIpc) is 2.73. The van der Waals surface area contributed by atoms with Crippen LogP contribution in [0.4, 0.5) is 0 Å². The second kappa shape index (κ2) is 2.02. The number of hydrogen-bond donors (Lipinski definition) is 0. The predicted molar refractivity (Wildman–Crippen MR) is 42.6 cm³/mol. The van der Waals surface area contributed by atoms with Gasteiger partial charge < -0.3 is 9.47 Å². The lowest BCUT2D eigenvalue weighted by atomic mass is 9.68. The molecule has 2 rings (SSSR count). The molecule has 1 saturated carbocycles. The first-order valence-electron chi connectivity index (χ1n) is 4.35. The fraction of sp³-hybridized carbons (Fsp3) is 0.889. The number of ether oxygens (including phenoxy) is 2. The van der Waals surface area contributed by atoms with Gasteiger partial charge in [0.25, 0.3) is 0 Å². The van der Waals surface area contributed by atoms with E-state index in [1.165, 1.54) is 7.11 Å². The minimum Gasteiger partial charge on any atom is -0.467 e. The topological polar surface area (TPSA) is 38.8 Å². The Morgan fingerprint density at radius 2 is 2.33 bits per heavy atom. The van der Waals surface area contributed by atoms with Crippen LogP contribution >= 0.6 is 0 Å². The zero-order chi connectivity index (χ0) is 8.98. The SMILES string of the molecule is COC(=O)C1(C)OC12CCC2C. The summed E-state index contributed by atoms with van der Waals surface area (Å²) in [6.07, 6.45) is 2.16. The van der Waals surface area contributed by atoms with Crippen LogP contribution < -0.4 is 0 Å². The van der Waals surface area contributed by atoms with Crippen molar-refractivity contribution < 1.29 is 14.3 Å². The molecule has 0 aromatic rings. The van der Waals surface area contributed by atoms with Crippen LogP contribution in [0.3, 0.4) is 0 Å². The van der Waals surface area contributed by atoms with Crippen LogP contribution in [0, 0.1) is 5.92 Å². The van der Waals surface area contributed by atoms with E-state index in [4.69, 9.17) is 9.47 Å². The largest absolute Gasteiger partial charge is 0.467 e. The van der Waals surface area contributed by atoms with Gasteiger partial charge in [-0.25, -0.2) is 4.79 Å². The number of carbonyl (C=O) groups excluding carboxylic acids is 1. The molecule has 2 aliphatic rings. The molecule has 0 bridgehead atoms. The Balaban J connectivity index is 2.14. The highest BCUT2D eigenvalue weighted by atomic mass is 16.7. The smallest absolute Gasteiger partial charge is 0.340 e. The van der Waals surface area contributed by atoms with E-state index in [-0.39, 0.29) is 11.6 Å². The molecule has 0 aromatic carbocycles. The summed E-state index contributed by atoms with van der Waals surface area (Å²) in [5, 5.41) is 0. The number of esters is 1. The molecule has 68 valence electrons. The maximum atomic E-state index is 11.3. The second-order valence-electron chi connectivity index (χ2n) is 3.96. The van der Waals surface area contributed by atoms with Crippen molar-refractivity contribution in [1.29, 1.82) is 0 Å². The maximum Gasteiger partial charge on any atom is 0.340 e. The predicted octanol–water partition coefficient (Wildman–Crippen LogP) is 1.12. The van der Waals surface area contributed by atoms with Crippen LogP contribution in [0.15, 0.2) is 0 Å². The van der Waals surface area contributed by atoms with E-state index in [9.17, 15) is 4.79 Å². The molecule has 1 aliphatic heterocycles. The zero-order valence-electron chi connectivity index (χ0n) is 7.72. The van der Waals surface area contributed by atoms with E-state index >= 15 is 0 Å². The van der Waals surface area contributed by atoms with Crippen molar-refractivity contribution in [2.24, 2.45) is 5.92 Å². The molecule has 0 aromatic heterocycles. The van der Waals surface area contributed by atoms with Gasteiger partial charge in [-0.15, -0.1) is 0 Å². The first-order valence-corrected chi connectivity index (χ1v) is 4.35. The first kappa shape index (κ1) is 8.05. The Bertz CT molecular complexity index is 238. The minimum absolute atomic E-state index is 0.167. The third-order valence-corrected chi connectivity index (χ3v) is 3.47. The summed E-state index contributed by atoms with van der Waals surface area (Å²) < 4.78 is 10.2. The van der Waals surface area contributed by atoms with Crippen LogP contribution in [0.25, 0.3) is 0 Å². The lowest BCUT2D eigenvalue weighted by Gasteiger charge is -2.32. The third kappa shape index (κ3) is 0.637. The van der Waals surface area contributed by atoms with Gasteiger partial charge in [-0.05, 0) is 25.7 Å². The summed E-state index contributed by atoms with van der Waals surface area (Å²) in [6, 6.07) is 0. The summed E-state index contributed by atoms with van der Waals surface area (Å²) in [4.78, 5) is 11.3. The Kier molecular flexibility index (Phi) is 1.35. The standard InChI is InChI=1S/C9H14O3/c1-6-4-5-9(6)8(2,12-9)7(10)11-3/h6H,4-5H2,1-3H3. The number of carbonyl (C=O) groups is 1. The molecule has 2 fully saturated rings. The summed E-state index contributed by atoms with van der Waals surface area (Å²) >= 11 is 0. The molecule has 3 unspecified atom stereocenters. The van der Waals surface area contributed by atoms with Crippen molar-refractivity contribution >= 4 is 5.97 Å². The molecule has 0 radical (unpaired) electrons. The highest BCUT2D eigenvalue weighted by Gasteiger charge is 2.77. The van der Waals surface area contributed by atoms with Crippen molar-refractivity contribution in [3.05, 3.63) is 0 Å². The van der Waals surface area contributed by atoms with Crippen LogP contribution in [-0.2, 0) is 14.3 Å².